The number of carbonyl (C=O) groups excluding carboxylic acids is 2. The molecule has 1 aliphatic rings. The lowest BCUT2D eigenvalue weighted by atomic mass is 10.1. The van der Waals surface area contributed by atoms with Crippen LogP contribution in [0.5, 0.6) is 17.2 Å². The van der Waals surface area contributed by atoms with Crippen LogP contribution >= 0.6 is 0 Å². The Hall–Kier alpha value is -3.81. The predicted molar refractivity (Wildman–Crippen MR) is 134 cm³/mol. The molecular weight excluding hydrogens is 448 g/mol. The molecule has 35 heavy (non-hydrogen) atoms. The molecule has 0 unspecified atom stereocenters. The van der Waals surface area contributed by atoms with E-state index in [1.165, 1.54) is 0 Å². The fourth-order valence-corrected chi connectivity index (χ4v) is 3.81. The zero-order valence-corrected chi connectivity index (χ0v) is 21.0. The molecule has 0 aliphatic carbocycles. The molecule has 1 heterocycles. The van der Waals surface area contributed by atoms with Crippen molar-refractivity contribution in [3.05, 3.63) is 59.3 Å². The van der Waals surface area contributed by atoms with E-state index in [-0.39, 0.29) is 36.2 Å². The average Bonchev–Trinajstić information content (AvgIpc) is 3.18. The molecule has 0 fully saturated rings. The highest BCUT2D eigenvalue weighted by atomic mass is 16.6. The topological polar surface area (TPSA) is 86.7 Å². The van der Waals surface area contributed by atoms with Crippen molar-refractivity contribution in [1.29, 1.82) is 0 Å². The summed E-state index contributed by atoms with van der Waals surface area (Å²) >= 11 is 0. The molecule has 3 rings (SSSR count). The number of aliphatic imine (C=N–C) groups is 1. The summed E-state index contributed by atoms with van der Waals surface area (Å²) in [6, 6.07) is 12.5. The molecule has 0 N–H and O–H groups in total. The number of methoxy groups -OCH3 is 1. The number of esters is 1. The van der Waals surface area contributed by atoms with E-state index in [1.807, 2.05) is 34.6 Å². The molecule has 1 amide bonds. The molecule has 0 radical (unpaired) electrons. The number of hydrogen-bond acceptors (Lipinski definition) is 7. The van der Waals surface area contributed by atoms with Gasteiger partial charge in [0.15, 0.2) is 23.8 Å². The van der Waals surface area contributed by atoms with E-state index in [0.717, 1.165) is 0 Å². The number of ether oxygens (including phenoxy) is 4. The molecule has 0 saturated heterocycles. The third kappa shape index (κ3) is 6.41. The van der Waals surface area contributed by atoms with Gasteiger partial charge in [-0.2, -0.15) is 0 Å². The van der Waals surface area contributed by atoms with Gasteiger partial charge in [0.2, 0.25) is 5.90 Å². The van der Waals surface area contributed by atoms with E-state index in [0.29, 0.717) is 35.0 Å². The SMILES string of the molecule is CCOc1cc(/C=C2/N=C(c3ccc(OC)cc3)OC2=O)ccc1OCC(=O)N(C(C)C)C(C)C. The Labute approximate surface area is 206 Å². The standard InChI is InChI=1S/C27H32N2O6/c1-7-33-24-15-19(8-13-23(24)34-16-25(30)29(17(2)3)18(4)5)14-22-27(31)35-26(28-22)20-9-11-21(32-6)12-10-20/h8-15,17-18H,7,16H2,1-6H3/b22-14+. The fraction of sp³-hybridized carbons (Fsp3) is 0.370. The second kappa shape index (κ2) is 11.6. The van der Waals surface area contributed by atoms with Crippen LogP contribution in [-0.4, -0.2) is 55.1 Å². The zero-order valence-electron chi connectivity index (χ0n) is 21.0. The second-order valence-electron chi connectivity index (χ2n) is 8.48. The molecule has 0 aromatic heterocycles. The van der Waals surface area contributed by atoms with Gasteiger partial charge in [0.25, 0.3) is 5.91 Å². The van der Waals surface area contributed by atoms with Gasteiger partial charge in [-0.1, -0.05) is 6.07 Å². The first kappa shape index (κ1) is 25.8. The maximum atomic E-state index is 12.7. The molecule has 0 spiro atoms. The first-order chi connectivity index (χ1) is 16.7. The normalized spacial score (nSPS) is 14.2. The summed E-state index contributed by atoms with van der Waals surface area (Å²) in [5, 5.41) is 0. The average molecular weight is 481 g/mol. The van der Waals surface area contributed by atoms with Crippen molar-refractivity contribution in [3.63, 3.8) is 0 Å². The van der Waals surface area contributed by atoms with E-state index >= 15 is 0 Å². The number of benzene rings is 2. The minimum absolute atomic E-state index is 0.0704. The van der Waals surface area contributed by atoms with E-state index in [9.17, 15) is 9.59 Å². The lowest BCUT2D eigenvalue weighted by Crippen LogP contribution is -2.44. The van der Waals surface area contributed by atoms with Crippen molar-refractivity contribution >= 4 is 23.9 Å². The lowest BCUT2D eigenvalue weighted by Gasteiger charge is -2.30. The van der Waals surface area contributed by atoms with Gasteiger partial charge >= 0.3 is 5.97 Å². The summed E-state index contributed by atoms with van der Waals surface area (Å²) in [4.78, 5) is 31.2. The molecule has 2 aromatic carbocycles. The minimum Gasteiger partial charge on any atom is -0.497 e. The van der Waals surface area contributed by atoms with Crippen LogP contribution in [0.15, 0.2) is 53.2 Å². The van der Waals surface area contributed by atoms with Gasteiger partial charge in [-0.25, -0.2) is 9.79 Å². The van der Waals surface area contributed by atoms with Crippen LogP contribution in [0.2, 0.25) is 0 Å². The third-order valence-electron chi connectivity index (χ3n) is 5.28. The molecular formula is C27H32N2O6. The molecule has 0 saturated carbocycles. The Morgan fingerprint density at radius 1 is 1.03 bits per heavy atom. The maximum Gasteiger partial charge on any atom is 0.363 e. The summed E-state index contributed by atoms with van der Waals surface area (Å²) in [6.07, 6.45) is 1.62. The Morgan fingerprint density at radius 2 is 1.71 bits per heavy atom. The molecule has 0 atom stereocenters. The van der Waals surface area contributed by atoms with Crippen molar-refractivity contribution in [2.75, 3.05) is 20.3 Å². The molecule has 1 aliphatic heterocycles. The van der Waals surface area contributed by atoms with Crippen molar-refractivity contribution in [2.45, 2.75) is 46.7 Å². The van der Waals surface area contributed by atoms with Gasteiger partial charge in [-0.3, -0.25) is 4.79 Å². The molecule has 2 aromatic rings. The fourth-order valence-electron chi connectivity index (χ4n) is 3.81. The first-order valence-corrected chi connectivity index (χ1v) is 11.6. The van der Waals surface area contributed by atoms with Crippen LogP contribution in [0.3, 0.4) is 0 Å². The van der Waals surface area contributed by atoms with Crippen LogP contribution in [0.1, 0.15) is 45.7 Å². The maximum absolute atomic E-state index is 12.7. The van der Waals surface area contributed by atoms with Crippen molar-refractivity contribution in [1.82, 2.24) is 4.90 Å². The highest BCUT2D eigenvalue weighted by Gasteiger charge is 2.25. The van der Waals surface area contributed by atoms with Crippen LogP contribution in [0.4, 0.5) is 0 Å². The van der Waals surface area contributed by atoms with Gasteiger partial charge in [0.05, 0.1) is 13.7 Å². The van der Waals surface area contributed by atoms with Gasteiger partial charge in [-0.05, 0) is 82.7 Å². The van der Waals surface area contributed by atoms with E-state index in [1.54, 1.807) is 60.6 Å². The number of hydrogen-bond donors (Lipinski definition) is 0. The Morgan fingerprint density at radius 3 is 2.31 bits per heavy atom. The summed E-state index contributed by atoms with van der Waals surface area (Å²) in [5.74, 6) is 1.21. The zero-order chi connectivity index (χ0) is 25.5. The van der Waals surface area contributed by atoms with E-state index in [2.05, 4.69) is 4.99 Å². The Kier molecular flexibility index (Phi) is 8.52. The molecule has 186 valence electrons. The van der Waals surface area contributed by atoms with E-state index < -0.39 is 5.97 Å². The second-order valence-corrected chi connectivity index (χ2v) is 8.48. The van der Waals surface area contributed by atoms with Crippen molar-refractivity contribution in [3.8, 4) is 17.2 Å². The number of nitrogens with zero attached hydrogens (tertiary/aromatic N) is 2. The molecule has 8 nitrogen and oxygen atoms in total. The van der Waals surface area contributed by atoms with Crippen LogP contribution < -0.4 is 14.2 Å². The van der Waals surface area contributed by atoms with Crippen LogP contribution in [0, 0.1) is 0 Å². The predicted octanol–water partition coefficient (Wildman–Crippen LogP) is 4.46. The molecule has 8 heteroatoms. The lowest BCUT2D eigenvalue weighted by molar-refractivity contribution is -0.137. The van der Waals surface area contributed by atoms with Gasteiger partial charge < -0.3 is 23.8 Å². The quantitative estimate of drug-likeness (QED) is 0.369. The Bertz CT molecular complexity index is 1110. The van der Waals surface area contributed by atoms with Crippen LogP contribution in [0.25, 0.3) is 6.08 Å². The summed E-state index contributed by atoms with van der Waals surface area (Å²) in [7, 11) is 1.58. The van der Waals surface area contributed by atoms with Gasteiger partial charge in [0.1, 0.15) is 5.75 Å². The highest BCUT2D eigenvalue weighted by molar-refractivity contribution is 6.12. The highest BCUT2D eigenvalue weighted by Crippen LogP contribution is 2.30. The first-order valence-electron chi connectivity index (χ1n) is 11.6. The molecule has 0 bridgehead atoms. The Balaban J connectivity index is 1.79. The van der Waals surface area contributed by atoms with Crippen molar-refractivity contribution in [2.24, 2.45) is 4.99 Å². The summed E-state index contributed by atoms with van der Waals surface area (Å²) in [6.45, 7) is 10.1. The monoisotopic (exact) mass is 480 g/mol. The number of cyclic esters (lactones) is 1. The number of carbonyl (C=O) groups is 2. The van der Waals surface area contributed by atoms with Gasteiger partial charge in [-0.15, -0.1) is 0 Å². The van der Waals surface area contributed by atoms with Crippen LogP contribution in [-0.2, 0) is 14.3 Å². The number of amides is 1. The third-order valence-corrected chi connectivity index (χ3v) is 5.28. The van der Waals surface area contributed by atoms with E-state index in [4.69, 9.17) is 18.9 Å². The number of rotatable bonds is 10. The largest absolute Gasteiger partial charge is 0.497 e. The summed E-state index contributed by atoms with van der Waals surface area (Å²) < 4.78 is 22.0. The van der Waals surface area contributed by atoms with Crippen molar-refractivity contribution < 1.29 is 28.5 Å². The smallest absolute Gasteiger partial charge is 0.363 e. The van der Waals surface area contributed by atoms with Gasteiger partial charge in [0, 0.05) is 17.6 Å². The minimum atomic E-state index is -0.540. The summed E-state index contributed by atoms with van der Waals surface area (Å²) in [5.41, 5.74) is 1.53.